The monoisotopic (exact) mass is 355 g/mol. The average molecular weight is 356 g/mol. The number of halogens is 1. The van der Waals surface area contributed by atoms with Gasteiger partial charge in [-0.1, -0.05) is 24.9 Å². The van der Waals surface area contributed by atoms with Crippen LogP contribution in [0.2, 0.25) is 5.02 Å². The first-order chi connectivity index (χ1) is 10.8. The summed E-state index contributed by atoms with van der Waals surface area (Å²) in [6, 6.07) is 5.12. The van der Waals surface area contributed by atoms with E-state index in [1.165, 1.54) is 0 Å². The fourth-order valence-corrected chi connectivity index (χ4v) is 2.97. The Labute approximate surface area is 142 Å². The predicted molar refractivity (Wildman–Crippen MR) is 95.3 cm³/mol. The quantitative estimate of drug-likeness (QED) is 0.811. The second kappa shape index (κ2) is 7.36. The summed E-state index contributed by atoms with van der Waals surface area (Å²) < 4.78 is 28.6. The first-order valence-corrected chi connectivity index (χ1v) is 9.58. The van der Waals surface area contributed by atoms with Crippen LogP contribution in [0.1, 0.15) is 33.6 Å². The Morgan fingerprint density at radius 3 is 2.70 bits per heavy atom. The molecule has 0 radical (unpaired) electrons. The van der Waals surface area contributed by atoms with Gasteiger partial charge in [-0.2, -0.15) is 0 Å². The third-order valence-corrected chi connectivity index (χ3v) is 5.46. The van der Waals surface area contributed by atoms with E-state index in [2.05, 4.69) is 16.6 Å². The maximum Gasteiger partial charge on any atom is 0.235 e. The highest BCUT2D eigenvalue weighted by Crippen LogP contribution is 2.27. The van der Waals surface area contributed by atoms with Gasteiger partial charge < -0.3 is 4.57 Å². The Kier molecular flexibility index (Phi) is 5.70. The van der Waals surface area contributed by atoms with E-state index in [4.69, 9.17) is 11.6 Å². The molecule has 1 aromatic heterocycles. The van der Waals surface area contributed by atoms with Crippen molar-refractivity contribution in [3.63, 3.8) is 0 Å². The van der Waals surface area contributed by atoms with Crippen molar-refractivity contribution in [2.24, 2.45) is 0 Å². The molecule has 126 valence electrons. The van der Waals surface area contributed by atoms with Crippen molar-refractivity contribution in [1.29, 1.82) is 0 Å². The number of anilines is 1. The third kappa shape index (κ3) is 4.72. The number of rotatable bonds is 7. The molecule has 0 amide bonds. The van der Waals surface area contributed by atoms with Gasteiger partial charge in [-0.15, -0.1) is 0 Å². The summed E-state index contributed by atoms with van der Waals surface area (Å²) in [6.07, 6.45) is 5.93. The lowest BCUT2D eigenvalue weighted by Gasteiger charge is -2.12. The van der Waals surface area contributed by atoms with Crippen LogP contribution in [-0.4, -0.2) is 23.2 Å². The summed E-state index contributed by atoms with van der Waals surface area (Å²) in [4.78, 5) is 4.38. The fourth-order valence-electron chi connectivity index (χ4n) is 2.05. The van der Waals surface area contributed by atoms with Gasteiger partial charge in [0.2, 0.25) is 10.0 Å². The summed E-state index contributed by atoms with van der Waals surface area (Å²) >= 11 is 6.13. The molecule has 23 heavy (non-hydrogen) atoms. The summed E-state index contributed by atoms with van der Waals surface area (Å²) in [5.74, 6) is 0. The molecule has 0 saturated heterocycles. The van der Waals surface area contributed by atoms with E-state index >= 15 is 0 Å². The normalized spacial score (nSPS) is 11.9. The van der Waals surface area contributed by atoms with Crippen LogP contribution in [0.25, 0.3) is 11.3 Å². The second-order valence-corrected chi connectivity index (χ2v) is 8.45. The van der Waals surface area contributed by atoms with Crippen LogP contribution in [0.4, 0.5) is 5.69 Å². The molecule has 1 heterocycles. The Morgan fingerprint density at radius 1 is 1.30 bits per heavy atom. The van der Waals surface area contributed by atoms with Gasteiger partial charge >= 0.3 is 0 Å². The van der Waals surface area contributed by atoms with Gasteiger partial charge in [0.25, 0.3) is 0 Å². The van der Waals surface area contributed by atoms with Gasteiger partial charge in [-0.3, -0.25) is 4.72 Å². The molecule has 0 saturated carbocycles. The van der Waals surface area contributed by atoms with E-state index in [1.54, 1.807) is 38.4 Å². The number of benzene rings is 1. The summed E-state index contributed by atoms with van der Waals surface area (Å²) in [5.41, 5.74) is 2.01. The molecule has 0 atom stereocenters. The van der Waals surface area contributed by atoms with Crippen LogP contribution in [0.5, 0.6) is 0 Å². The van der Waals surface area contributed by atoms with E-state index < -0.39 is 15.3 Å². The molecule has 0 spiro atoms. The molecular formula is C16H22ClN3O2S. The molecule has 0 bridgehead atoms. The van der Waals surface area contributed by atoms with Gasteiger partial charge in [-0.05, 0) is 38.5 Å². The molecule has 0 aliphatic heterocycles. The number of hydrogen-bond acceptors (Lipinski definition) is 3. The van der Waals surface area contributed by atoms with Crippen LogP contribution >= 0.6 is 11.6 Å². The molecule has 2 aromatic rings. The minimum absolute atomic E-state index is 0.448. The molecule has 7 heteroatoms. The first kappa shape index (κ1) is 17.8. The standard InChI is InChI=1S/C16H22ClN3O2S/c1-4-5-6-20-10-16(18-11-20)13-7-14(17)9-15(8-13)19-23(21,22)12(2)3/h7-12,19H,4-6H2,1-3H3. The van der Waals surface area contributed by atoms with E-state index in [-0.39, 0.29) is 0 Å². The van der Waals surface area contributed by atoms with Crippen molar-refractivity contribution in [3.05, 3.63) is 35.7 Å². The van der Waals surface area contributed by atoms with Crippen LogP contribution < -0.4 is 4.72 Å². The van der Waals surface area contributed by atoms with Gasteiger partial charge in [0.1, 0.15) is 0 Å². The molecule has 0 aliphatic carbocycles. The SMILES string of the molecule is CCCCn1cnc(-c2cc(Cl)cc(NS(=O)(=O)C(C)C)c2)c1. The Bertz CT molecular complexity index is 769. The zero-order valence-electron chi connectivity index (χ0n) is 13.6. The Morgan fingerprint density at radius 2 is 2.04 bits per heavy atom. The van der Waals surface area contributed by atoms with Crippen molar-refractivity contribution in [3.8, 4) is 11.3 Å². The Balaban J connectivity index is 2.28. The number of aryl methyl sites for hydroxylation is 1. The highest BCUT2D eigenvalue weighted by molar-refractivity contribution is 7.93. The third-order valence-electron chi connectivity index (χ3n) is 3.48. The maximum atomic E-state index is 12.0. The van der Waals surface area contributed by atoms with Gasteiger partial charge in [0.05, 0.1) is 23.0 Å². The zero-order chi connectivity index (χ0) is 17.0. The first-order valence-electron chi connectivity index (χ1n) is 7.66. The van der Waals surface area contributed by atoms with E-state index in [1.807, 2.05) is 10.8 Å². The van der Waals surface area contributed by atoms with Crippen LogP contribution in [-0.2, 0) is 16.6 Å². The largest absolute Gasteiger partial charge is 0.337 e. The molecule has 0 fully saturated rings. The van der Waals surface area contributed by atoms with Crippen molar-refractivity contribution in [2.75, 3.05) is 4.72 Å². The van der Waals surface area contributed by atoms with E-state index in [0.717, 1.165) is 30.6 Å². The number of nitrogens with zero attached hydrogens (tertiary/aromatic N) is 2. The smallest absolute Gasteiger partial charge is 0.235 e. The predicted octanol–water partition coefficient (Wildman–Crippen LogP) is 4.15. The molecule has 0 aliphatic rings. The number of sulfonamides is 1. The van der Waals surface area contributed by atoms with E-state index in [0.29, 0.717) is 10.7 Å². The fraction of sp³-hybridized carbons (Fsp3) is 0.438. The van der Waals surface area contributed by atoms with Crippen LogP contribution in [0.3, 0.4) is 0 Å². The van der Waals surface area contributed by atoms with E-state index in [9.17, 15) is 8.42 Å². The molecular weight excluding hydrogens is 334 g/mol. The maximum absolute atomic E-state index is 12.0. The average Bonchev–Trinajstić information content (AvgIpc) is 2.92. The number of imidazole rings is 1. The number of aromatic nitrogens is 2. The van der Waals surface area contributed by atoms with Gasteiger partial charge in [0.15, 0.2) is 0 Å². The minimum Gasteiger partial charge on any atom is -0.337 e. The Hall–Kier alpha value is -1.53. The second-order valence-electron chi connectivity index (χ2n) is 5.77. The zero-order valence-corrected chi connectivity index (χ0v) is 15.2. The summed E-state index contributed by atoms with van der Waals surface area (Å²) in [6.45, 7) is 6.31. The molecule has 2 rings (SSSR count). The molecule has 5 nitrogen and oxygen atoms in total. The lowest BCUT2D eigenvalue weighted by atomic mass is 10.1. The van der Waals surface area contributed by atoms with Crippen molar-refractivity contribution in [2.45, 2.75) is 45.4 Å². The van der Waals surface area contributed by atoms with Crippen molar-refractivity contribution >= 4 is 27.3 Å². The highest BCUT2D eigenvalue weighted by atomic mass is 35.5. The number of nitrogens with one attached hydrogen (secondary N) is 1. The topological polar surface area (TPSA) is 64.0 Å². The summed E-state index contributed by atoms with van der Waals surface area (Å²) in [5, 5.41) is -0.0507. The number of hydrogen-bond donors (Lipinski definition) is 1. The van der Waals surface area contributed by atoms with Crippen LogP contribution in [0.15, 0.2) is 30.7 Å². The lowest BCUT2D eigenvalue weighted by molar-refractivity contribution is 0.593. The summed E-state index contributed by atoms with van der Waals surface area (Å²) in [7, 11) is -3.41. The van der Waals surface area contributed by atoms with Crippen molar-refractivity contribution < 1.29 is 8.42 Å². The van der Waals surface area contributed by atoms with Gasteiger partial charge in [-0.25, -0.2) is 13.4 Å². The molecule has 0 unspecified atom stereocenters. The van der Waals surface area contributed by atoms with Gasteiger partial charge in [0, 0.05) is 23.3 Å². The van der Waals surface area contributed by atoms with Crippen molar-refractivity contribution in [1.82, 2.24) is 9.55 Å². The lowest BCUT2D eigenvalue weighted by Crippen LogP contribution is -2.22. The minimum atomic E-state index is -3.41. The molecule has 1 N–H and O–H groups in total. The highest BCUT2D eigenvalue weighted by Gasteiger charge is 2.16. The molecule has 1 aromatic carbocycles. The van der Waals surface area contributed by atoms with Crippen LogP contribution in [0, 0.1) is 0 Å². The number of unbranched alkanes of at least 4 members (excludes halogenated alkanes) is 1.